The molecule has 4 saturated carbocycles. The summed E-state index contributed by atoms with van der Waals surface area (Å²) in [5.74, 6) is 2.97. The lowest BCUT2D eigenvalue weighted by Crippen LogP contribution is -2.69. The van der Waals surface area contributed by atoms with Gasteiger partial charge in [-0.25, -0.2) is 4.98 Å². The Bertz CT molecular complexity index is 1110. The number of hydrogen-bond acceptors (Lipinski definition) is 4. The van der Waals surface area contributed by atoms with E-state index in [2.05, 4.69) is 24.9 Å². The van der Waals surface area contributed by atoms with Gasteiger partial charge in [0.2, 0.25) is 0 Å². The fourth-order valence-electron chi connectivity index (χ4n) is 9.95. The molecule has 8 atom stereocenters. The van der Waals surface area contributed by atoms with Crippen LogP contribution in [0.25, 0.3) is 11.0 Å². The van der Waals surface area contributed by atoms with Crippen LogP contribution in [0.5, 0.6) is 0 Å². The normalized spacial score (nSPS) is 42.9. The number of benzene rings is 1. The highest BCUT2D eigenvalue weighted by molar-refractivity contribution is 5.84. The minimum atomic E-state index is -0.167. The maximum absolute atomic E-state index is 13.8. The van der Waals surface area contributed by atoms with E-state index in [4.69, 9.17) is 10.5 Å². The largest absolute Gasteiger partial charge is 0.384 e. The highest BCUT2D eigenvalue weighted by atomic mass is 16.5. The van der Waals surface area contributed by atoms with Gasteiger partial charge >= 0.3 is 0 Å². The van der Waals surface area contributed by atoms with Crippen LogP contribution in [-0.2, 0) is 16.1 Å². The summed E-state index contributed by atoms with van der Waals surface area (Å²) in [6.07, 6.45) is 12.4. The number of fused-ring (bicyclic) bond motifs is 6. The van der Waals surface area contributed by atoms with Gasteiger partial charge in [-0.15, -0.1) is 0 Å². The standard InChI is InChI=1S/C30H43N3O2/c1-20-10-14-29(18-35-3)21(16-20)11-15-30(31)26-9-8-22(28(26,2)13-12-27(29)30)25(34)17-33-19-32-23-6-4-5-7-24(23)33/h4-7,19-22,26-27H,8-18,31H2,1-3H3/t20-,21?,22+,26?,27?,28+,29+,30+/m0/s1. The summed E-state index contributed by atoms with van der Waals surface area (Å²) in [4.78, 5) is 18.3. The van der Waals surface area contributed by atoms with E-state index in [0.717, 1.165) is 61.6 Å². The number of carbonyl (C=O) groups excluding carboxylic acids is 1. The predicted octanol–water partition coefficient (Wildman–Crippen LogP) is 5.61. The van der Waals surface area contributed by atoms with Gasteiger partial charge in [0.1, 0.15) is 0 Å². The average molecular weight is 478 g/mol. The van der Waals surface area contributed by atoms with E-state index in [1.54, 1.807) is 0 Å². The monoisotopic (exact) mass is 477 g/mol. The van der Waals surface area contributed by atoms with E-state index in [-0.39, 0.29) is 22.3 Å². The van der Waals surface area contributed by atoms with Crippen LogP contribution in [0.3, 0.4) is 0 Å². The number of nitrogens with zero attached hydrogens (tertiary/aromatic N) is 2. The van der Waals surface area contributed by atoms with Crippen LogP contribution in [-0.4, -0.2) is 34.6 Å². The Balaban J connectivity index is 1.27. The summed E-state index contributed by atoms with van der Waals surface area (Å²) < 4.78 is 7.98. The number of ketones is 1. The van der Waals surface area contributed by atoms with Crippen molar-refractivity contribution in [3.63, 3.8) is 0 Å². The van der Waals surface area contributed by atoms with Crippen molar-refractivity contribution in [3.8, 4) is 0 Å². The molecule has 0 saturated heterocycles. The Morgan fingerprint density at radius 1 is 1.11 bits per heavy atom. The van der Waals surface area contributed by atoms with Gasteiger partial charge in [-0.2, -0.15) is 0 Å². The summed E-state index contributed by atoms with van der Waals surface area (Å²) in [7, 11) is 1.88. The third-order valence-electron chi connectivity index (χ3n) is 11.5. The van der Waals surface area contributed by atoms with Crippen molar-refractivity contribution >= 4 is 16.8 Å². The van der Waals surface area contributed by atoms with Crippen molar-refractivity contribution in [1.82, 2.24) is 9.55 Å². The molecule has 3 unspecified atom stereocenters. The molecular weight excluding hydrogens is 434 g/mol. The molecule has 35 heavy (non-hydrogen) atoms. The van der Waals surface area contributed by atoms with Crippen LogP contribution in [0, 0.1) is 40.4 Å². The highest BCUT2D eigenvalue weighted by Crippen LogP contribution is 2.68. The first-order valence-corrected chi connectivity index (χ1v) is 14.0. The zero-order valence-corrected chi connectivity index (χ0v) is 21.8. The predicted molar refractivity (Wildman–Crippen MR) is 139 cm³/mol. The van der Waals surface area contributed by atoms with Gasteiger partial charge in [0.05, 0.1) is 30.5 Å². The molecule has 1 heterocycles. The number of ether oxygens (including phenoxy) is 1. The number of nitrogens with two attached hydrogens (primary N) is 1. The van der Waals surface area contributed by atoms with Crippen LogP contribution in [0.1, 0.15) is 71.6 Å². The number of rotatable bonds is 5. The zero-order chi connectivity index (χ0) is 24.4. The summed E-state index contributed by atoms with van der Waals surface area (Å²) in [6.45, 7) is 6.10. The van der Waals surface area contributed by atoms with E-state index in [9.17, 15) is 4.79 Å². The minimum Gasteiger partial charge on any atom is -0.384 e. The SMILES string of the molecule is COC[C@]12CC[C@H](C)CC1CC[C@]1(N)C2CC[C@@]2(C)C1CC[C@@H]2C(=O)Cn1cnc2ccccc21. The first-order chi connectivity index (χ1) is 16.8. The summed E-state index contributed by atoms with van der Waals surface area (Å²) in [5.41, 5.74) is 9.65. The molecule has 2 N–H and O–H groups in total. The Kier molecular flexibility index (Phi) is 5.69. The van der Waals surface area contributed by atoms with Crippen molar-refractivity contribution < 1.29 is 9.53 Å². The lowest BCUT2D eigenvalue weighted by atomic mass is 9.41. The molecular formula is C30H43N3O2. The number of para-hydroxylation sites is 2. The molecule has 0 spiro atoms. The minimum absolute atomic E-state index is 0.00176. The van der Waals surface area contributed by atoms with E-state index in [1.165, 1.54) is 25.7 Å². The van der Waals surface area contributed by atoms with Gasteiger partial charge in [-0.1, -0.05) is 32.4 Å². The highest BCUT2D eigenvalue weighted by Gasteiger charge is 2.67. The number of aromatic nitrogens is 2. The average Bonchev–Trinajstić information content (AvgIpc) is 3.41. The first kappa shape index (κ1) is 23.7. The first-order valence-electron chi connectivity index (χ1n) is 14.0. The Morgan fingerprint density at radius 2 is 1.94 bits per heavy atom. The molecule has 0 amide bonds. The summed E-state index contributed by atoms with van der Waals surface area (Å²) >= 11 is 0. The van der Waals surface area contributed by atoms with Crippen molar-refractivity contribution in [2.75, 3.05) is 13.7 Å². The fraction of sp³-hybridized carbons (Fsp3) is 0.733. The third kappa shape index (κ3) is 3.40. The van der Waals surface area contributed by atoms with E-state index in [0.29, 0.717) is 24.2 Å². The molecule has 0 aliphatic heterocycles. The third-order valence-corrected chi connectivity index (χ3v) is 11.5. The van der Waals surface area contributed by atoms with Crippen LogP contribution in [0.15, 0.2) is 30.6 Å². The number of methoxy groups -OCH3 is 1. The molecule has 4 aliphatic rings. The molecule has 5 heteroatoms. The van der Waals surface area contributed by atoms with Crippen LogP contribution in [0.2, 0.25) is 0 Å². The Morgan fingerprint density at radius 3 is 2.77 bits per heavy atom. The van der Waals surface area contributed by atoms with Crippen molar-refractivity contribution in [1.29, 1.82) is 0 Å². The van der Waals surface area contributed by atoms with Gasteiger partial charge in [0, 0.05) is 24.0 Å². The lowest BCUT2D eigenvalue weighted by molar-refractivity contribution is -0.164. The molecule has 2 aromatic rings. The smallest absolute Gasteiger partial charge is 0.156 e. The van der Waals surface area contributed by atoms with Gasteiger partial charge in [0.15, 0.2) is 5.78 Å². The van der Waals surface area contributed by atoms with Crippen molar-refractivity contribution in [2.45, 2.75) is 83.7 Å². The second-order valence-corrected chi connectivity index (χ2v) is 13.0. The molecule has 1 aromatic heterocycles. The number of carbonyl (C=O) groups is 1. The molecule has 5 nitrogen and oxygen atoms in total. The maximum Gasteiger partial charge on any atom is 0.156 e. The Hall–Kier alpha value is -1.72. The summed E-state index contributed by atoms with van der Waals surface area (Å²) in [5, 5.41) is 0. The van der Waals surface area contributed by atoms with Gasteiger partial charge < -0.3 is 15.0 Å². The van der Waals surface area contributed by atoms with E-state index >= 15 is 0 Å². The van der Waals surface area contributed by atoms with Crippen molar-refractivity contribution in [3.05, 3.63) is 30.6 Å². The second kappa shape index (κ2) is 8.41. The lowest BCUT2D eigenvalue weighted by Gasteiger charge is -2.66. The molecule has 0 bridgehead atoms. The second-order valence-electron chi connectivity index (χ2n) is 13.0. The maximum atomic E-state index is 13.8. The zero-order valence-electron chi connectivity index (χ0n) is 21.8. The summed E-state index contributed by atoms with van der Waals surface area (Å²) in [6, 6.07) is 8.10. The van der Waals surface area contributed by atoms with E-state index in [1.807, 2.05) is 36.2 Å². The number of hydrogen-bond donors (Lipinski definition) is 1. The number of imidazole rings is 1. The number of Topliss-reactive ketones (excluding diaryl/α,β-unsaturated/α-hetero) is 1. The molecule has 6 rings (SSSR count). The molecule has 1 aromatic carbocycles. The quantitative estimate of drug-likeness (QED) is 0.608. The van der Waals surface area contributed by atoms with Gasteiger partial charge in [0.25, 0.3) is 0 Å². The molecule has 0 radical (unpaired) electrons. The van der Waals surface area contributed by atoms with Gasteiger partial charge in [-0.3, -0.25) is 4.79 Å². The van der Waals surface area contributed by atoms with Gasteiger partial charge in [-0.05, 0) is 92.6 Å². The van der Waals surface area contributed by atoms with E-state index < -0.39 is 0 Å². The van der Waals surface area contributed by atoms with Crippen molar-refractivity contribution in [2.24, 2.45) is 46.2 Å². The Labute approximate surface area is 210 Å². The molecule has 4 aliphatic carbocycles. The van der Waals surface area contributed by atoms with Crippen LogP contribution < -0.4 is 5.73 Å². The fourth-order valence-corrected chi connectivity index (χ4v) is 9.95. The molecule has 4 fully saturated rings. The topological polar surface area (TPSA) is 70.1 Å². The van der Waals surface area contributed by atoms with Crippen LogP contribution in [0.4, 0.5) is 0 Å². The van der Waals surface area contributed by atoms with Crippen LogP contribution >= 0.6 is 0 Å². The molecule has 190 valence electrons.